The standard InChI is InChI=1S/C21H21N3O5/c1-14(25)22-17-5-2-4-16(12-17)21(27)24-9-3-8-23(24)20(26)11-15-6-7-18-19(10-15)29-13-28-18/h2,4-7,10,12H,3,8-9,11,13H2,1H3,(H,22,25). The molecule has 0 aliphatic carbocycles. The highest BCUT2D eigenvalue weighted by molar-refractivity contribution is 5.98. The second kappa shape index (κ2) is 7.83. The number of carbonyl (C=O) groups excluding carboxylic acids is 3. The Hall–Kier alpha value is -3.55. The molecule has 150 valence electrons. The van der Waals surface area contributed by atoms with Gasteiger partial charge < -0.3 is 14.8 Å². The first-order valence-electron chi connectivity index (χ1n) is 9.39. The van der Waals surface area contributed by atoms with Crippen molar-refractivity contribution < 1.29 is 23.9 Å². The zero-order valence-electron chi connectivity index (χ0n) is 16.0. The molecule has 2 heterocycles. The first-order valence-corrected chi connectivity index (χ1v) is 9.39. The molecule has 2 aromatic carbocycles. The molecule has 0 unspecified atom stereocenters. The van der Waals surface area contributed by atoms with E-state index in [1.54, 1.807) is 36.4 Å². The summed E-state index contributed by atoms with van der Waals surface area (Å²) in [6, 6.07) is 12.1. The summed E-state index contributed by atoms with van der Waals surface area (Å²) >= 11 is 0. The topological polar surface area (TPSA) is 88.2 Å². The van der Waals surface area contributed by atoms with Crippen molar-refractivity contribution in [2.24, 2.45) is 0 Å². The van der Waals surface area contributed by atoms with Gasteiger partial charge in [-0.25, -0.2) is 5.01 Å². The van der Waals surface area contributed by atoms with Crippen LogP contribution in [0.15, 0.2) is 42.5 Å². The number of benzene rings is 2. The maximum atomic E-state index is 13.0. The summed E-state index contributed by atoms with van der Waals surface area (Å²) in [5.74, 6) is 0.649. The van der Waals surface area contributed by atoms with Gasteiger partial charge >= 0.3 is 0 Å². The van der Waals surface area contributed by atoms with Crippen LogP contribution in [0.1, 0.15) is 29.3 Å². The van der Waals surface area contributed by atoms with Crippen LogP contribution in [-0.2, 0) is 16.0 Å². The van der Waals surface area contributed by atoms with Crippen LogP contribution in [-0.4, -0.2) is 47.6 Å². The van der Waals surface area contributed by atoms with Crippen LogP contribution in [0.2, 0.25) is 0 Å². The number of rotatable bonds is 4. The van der Waals surface area contributed by atoms with E-state index in [0.29, 0.717) is 42.3 Å². The van der Waals surface area contributed by atoms with Crippen molar-refractivity contribution in [3.05, 3.63) is 53.6 Å². The molecule has 0 saturated carbocycles. The number of ether oxygens (including phenoxy) is 2. The SMILES string of the molecule is CC(=O)Nc1cccc(C(=O)N2CCCN2C(=O)Cc2ccc3c(c2)OCO3)c1. The van der Waals surface area contributed by atoms with Gasteiger partial charge in [0.1, 0.15) is 0 Å². The summed E-state index contributed by atoms with van der Waals surface area (Å²) in [6.45, 7) is 2.54. The average Bonchev–Trinajstić information content (AvgIpc) is 3.36. The zero-order chi connectivity index (χ0) is 20.4. The summed E-state index contributed by atoms with van der Waals surface area (Å²) < 4.78 is 10.7. The lowest BCUT2D eigenvalue weighted by molar-refractivity contribution is -0.139. The van der Waals surface area contributed by atoms with Crippen molar-refractivity contribution in [3.63, 3.8) is 0 Å². The zero-order valence-corrected chi connectivity index (χ0v) is 16.0. The molecule has 29 heavy (non-hydrogen) atoms. The Morgan fingerprint density at radius 1 is 1.00 bits per heavy atom. The monoisotopic (exact) mass is 395 g/mol. The molecular weight excluding hydrogens is 374 g/mol. The normalized spacial score (nSPS) is 14.8. The highest BCUT2D eigenvalue weighted by Crippen LogP contribution is 2.32. The summed E-state index contributed by atoms with van der Waals surface area (Å²) in [5, 5.41) is 5.64. The molecule has 3 amide bonds. The van der Waals surface area contributed by atoms with E-state index in [9.17, 15) is 14.4 Å². The number of carbonyl (C=O) groups is 3. The fraction of sp³-hybridized carbons (Fsp3) is 0.286. The Morgan fingerprint density at radius 2 is 1.79 bits per heavy atom. The van der Waals surface area contributed by atoms with Crippen LogP contribution in [0.5, 0.6) is 11.5 Å². The average molecular weight is 395 g/mol. The minimum absolute atomic E-state index is 0.159. The molecule has 0 aromatic heterocycles. The van der Waals surface area contributed by atoms with Gasteiger partial charge in [-0.05, 0) is 42.3 Å². The fourth-order valence-corrected chi connectivity index (χ4v) is 3.48. The van der Waals surface area contributed by atoms with E-state index in [4.69, 9.17) is 9.47 Å². The van der Waals surface area contributed by atoms with Gasteiger partial charge in [0.2, 0.25) is 18.6 Å². The van der Waals surface area contributed by atoms with Crippen LogP contribution >= 0.6 is 0 Å². The lowest BCUT2D eigenvalue weighted by Gasteiger charge is -2.28. The maximum absolute atomic E-state index is 13.0. The van der Waals surface area contributed by atoms with Crippen LogP contribution < -0.4 is 14.8 Å². The molecule has 0 radical (unpaired) electrons. The second-order valence-corrected chi connectivity index (χ2v) is 6.93. The minimum Gasteiger partial charge on any atom is -0.454 e. The van der Waals surface area contributed by atoms with E-state index in [-0.39, 0.29) is 30.9 Å². The number of anilines is 1. The van der Waals surface area contributed by atoms with Gasteiger partial charge in [0.15, 0.2) is 11.5 Å². The summed E-state index contributed by atoms with van der Waals surface area (Å²) in [4.78, 5) is 37.1. The van der Waals surface area contributed by atoms with Crippen molar-refractivity contribution in [1.82, 2.24) is 10.0 Å². The van der Waals surface area contributed by atoms with Gasteiger partial charge in [-0.2, -0.15) is 0 Å². The maximum Gasteiger partial charge on any atom is 0.272 e. The quantitative estimate of drug-likeness (QED) is 0.858. The lowest BCUT2D eigenvalue weighted by Crippen LogP contribution is -2.45. The number of nitrogens with one attached hydrogen (secondary N) is 1. The third-order valence-electron chi connectivity index (χ3n) is 4.78. The third kappa shape index (κ3) is 4.01. The second-order valence-electron chi connectivity index (χ2n) is 6.93. The Balaban J connectivity index is 1.47. The molecule has 1 N–H and O–H groups in total. The van der Waals surface area contributed by atoms with Gasteiger partial charge in [-0.1, -0.05) is 12.1 Å². The molecule has 8 heteroatoms. The largest absolute Gasteiger partial charge is 0.454 e. The molecule has 0 spiro atoms. The molecule has 8 nitrogen and oxygen atoms in total. The first kappa shape index (κ1) is 18.8. The highest BCUT2D eigenvalue weighted by Gasteiger charge is 2.31. The third-order valence-corrected chi connectivity index (χ3v) is 4.78. The van der Waals surface area contributed by atoms with Gasteiger partial charge in [0.25, 0.3) is 5.91 Å². The summed E-state index contributed by atoms with van der Waals surface area (Å²) in [6.07, 6.45) is 0.871. The minimum atomic E-state index is -0.270. The van der Waals surface area contributed by atoms with Crippen LogP contribution in [0.4, 0.5) is 5.69 Å². The van der Waals surface area contributed by atoms with Crippen LogP contribution in [0, 0.1) is 0 Å². The van der Waals surface area contributed by atoms with Gasteiger partial charge in [-0.15, -0.1) is 0 Å². The molecule has 1 fully saturated rings. The lowest BCUT2D eigenvalue weighted by atomic mass is 10.1. The number of hydrazine groups is 1. The molecule has 1 saturated heterocycles. The first-order chi connectivity index (χ1) is 14.0. The number of fused-ring (bicyclic) bond motifs is 1. The number of hydrogen-bond acceptors (Lipinski definition) is 5. The molecule has 0 atom stereocenters. The van der Waals surface area contributed by atoms with Crippen molar-refractivity contribution >= 4 is 23.4 Å². The van der Waals surface area contributed by atoms with Crippen molar-refractivity contribution in [2.45, 2.75) is 19.8 Å². The summed E-state index contributed by atoms with van der Waals surface area (Å²) in [5.41, 5.74) is 1.76. The Kier molecular flexibility index (Phi) is 5.07. The number of nitrogens with zero attached hydrogens (tertiary/aromatic N) is 2. The summed E-state index contributed by atoms with van der Waals surface area (Å²) in [7, 11) is 0. The highest BCUT2D eigenvalue weighted by atomic mass is 16.7. The molecule has 2 aliphatic rings. The predicted octanol–water partition coefficient (Wildman–Crippen LogP) is 2.21. The van der Waals surface area contributed by atoms with E-state index in [0.717, 1.165) is 5.56 Å². The Bertz CT molecular complexity index is 975. The van der Waals surface area contributed by atoms with Crippen molar-refractivity contribution in [3.8, 4) is 11.5 Å². The van der Waals surface area contributed by atoms with Gasteiger partial charge in [-0.3, -0.25) is 19.4 Å². The molecule has 2 aromatic rings. The molecule has 4 rings (SSSR count). The van der Waals surface area contributed by atoms with Gasteiger partial charge in [0, 0.05) is 31.3 Å². The van der Waals surface area contributed by atoms with E-state index < -0.39 is 0 Å². The number of amides is 3. The van der Waals surface area contributed by atoms with Crippen molar-refractivity contribution in [1.29, 1.82) is 0 Å². The van der Waals surface area contributed by atoms with Crippen LogP contribution in [0.25, 0.3) is 0 Å². The smallest absolute Gasteiger partial charge is 0.272 e. The van der Waals surface area contributed by atoms with Gasteiger partial charge in [0.05, 0.1) is 6.42 Å². The molecule has 2 aliphatic heterocycles. The van der Waals surface area contributed by atoms with E-state index >= 15 is 0 Å². The number of hydrogen-bond donors (Lipinski definition) is 1. The Morgan fingerprint density at radius 3 is 2.62 bits per heavy atom. The Labute approximate surface area is 168 Å². The van der Waals surface area contributed by atoms with Crippen molar-refractivity contribution in [2.75, 3.05) is 25.2 Å². The van der Waals surface area contributed by atoms with E-state index in [1.807, 2.05) is 6.07 Å². The fourth-order valence-electron chi connectivity index (χ4n) is 3.48. The van der Waals surface area contributed by atoms with E-state index in [1.165, 1.54) is 16.9 Å². The van der Waals surface area contributed by atoms with E-state index in [2.05, 4.69) is 5.32 Å². The molecule has 0 bridgehead atoms. The predicted molar refractivity (Wildman–Crippen MR) is 104 cm³/mol. The van der Waals surface area contributed by atoms with Crippen LogP contribution in [0.3, 0.4) is 0 Å². The molecular formula is C21H21N3O5.